The van der Waals surface area contributed by atoms with Gasteiger partial charge in [0.25, 0.3) is 0 Å². The molecule has 1 aromatic carbocycles. The Bertz CT molecular complexity index is 401. The van der Waals surface area contributed by atoms with Crippen LogP contribution in [0.15, 0.2) is 30.3 Å². The lowest BCUT2D eigenvalue weighted by atomic mass is 9.89. The van der Waals surface area contributed by atoms with E-state index in [4.69, 9.17) is 4.74 Å². The summed E-state index contributed by atoms with van der Waals surface area (Å²) in [5.74, 6) is 0.583. The maximum absolute atomic E-state index is 5.59. The normalized spacial score (nSPS) is 21.9. The molecular formula is C18H30N2O. The van der Waals surface area contributed by atoms with Crippen LogP contribution in [0.3, 0.4) is 0 Å². The van der Waals surface area contributed by atoms with Gasteiger partial charge in [0.15, 0.2) is 0 Å². The van der Waals surface area contributed by atoms with E-state index in [1.54, 1.807) is 0 Å². The fourth-order valence-electron chi connectivity index (χ4n) is 3.49. The zero-order valence-corrected chi connectivity index (χ0v) is 13.9. The lowest BCUT2D eigenvalue weighted by Gasteiger charge is -2.41. The third-order valence-corrected chi connectivity index (χ3v) is 4.56. The molecule has 0 aliphatic carbocycles. The molecule has 0 saturated carbocycles. The first kappa shape index (κ1) is 16.5. The van der Waals surface area contributed by atoms with Crippen molar-refractivity contribution in [1.82, 2.24) is 10.2 Å². The van der Waals surface area contributed by atoms with Gasteiger partial charge in [-0.1, -0.05) is 51.1 Å². The van der Waals surface area contributed by atoms with Crippen molar-refractivity contribution < 1.29 is 4.74 Å². The Balaban J connectivity index is 2.23. The van der Waals surface area contributed by atoms with Gasteiger partial charge >= 0.3 is 0 Å². The maximum atomic E-state index is 5.59. The molecule has 0 amide bonds. The van der Waals surface area contributed by atoms with Crippen LogP contribution in [-0.2, 0) is 4.74 Å². The van der Waals surface area contributed by atoms with Gasteiger partial charge in [-0.05, 0) is 31.5 Å². The van der Waals surface area contributed by atoms with Crippen LogP contribution in [0.2, 0.25) is 0 Å². The maximum Gasteiger partial charge on any atom is 0.0622 e. The number of likely N-dealkylation sites (N-methyl/N-ethyl adjacent to an activating group) is 2. The average molecular weight is 290 g/mol. The van der Waals surface area contributed by atoms with Crippen molar-refractivity contribution in [3.8, 4) is 0 Å². The number of nitrogens with zero attached hydrogens (tertiary/aromatic N) is 1. The smallest absolute Gasteiger partial charge is 0.0622 e. The van der Waals surface area contributed by atoms with Gasteiger partial charge in [0.1, 0.15) is 0 Å². The first-order valence-corrected chi connectivity index (χ1v) is 8.23. The summed E-state index contributed by atoms with van der Waals surface area (Å²) in [6.45, 7) is 9.59. The van der Waals surface area contributed by atoms with Crippen molar-refractivity contribution in [2.24, 2.45) is 5.92 Å². The van der Waals surface area contributed by atoms with Gasteiger partial charge in [-0.25, -0.2) is 0 Å². The van der Waals surface area contributed by atoms with Crippen molar-refractivity contribution in [3.63, 3.8) is 0 Å². The van der Waals surface area contributed by atoms with E-state index in [0.717, 1.165) is 26.2 Å². The summed E-state index contributed by atoms with van der Waals surface area (Å²) < 4.78 is 5.59. The molecule has 3 heteroatoms. The van der Waals surface area contributed by atoms with E-state index in [-0.39, 0.29) is 0 Å². The third-order valence-electron chi connectivity index (χ3n) is 4.56. The van der Waals surface area contributed by atoms with E-state index in [0.29, 0.717) is 24.0 Å². The standard InChI is InChI=1S/C18H30N2O/c1-5-19-17(15-9-7-6-8-10-15)18(14(2)3)20(4)16-11-12-21-13-16/h6-10,14,16-19H,5,11-13H2,1-4H3. The second kappa shape index (κ2) is 7.92. The Morgan fingerprint density at radius 1 is 1.29 bits per heavy atom. The number of benzene rings is 1. The fraction of sp³-hybridized carbons (Fsp3) is 0.667. The lowest BCUT2D eigenvalue weighted by molar-refractivity contribution is 0.0870. The van der Waals surface area contributed by atoms with Gasteiger partial charge in [-0.2, -0.15) is 0 Å². The number of nitrogens with one attached hydrogen (secondary N) is 1. The topological polar surface area (TPSA) is 24.5 Å². The van der Waals surface area contributed by atoms with E-state index in [2.05, 4.69) is 68.4 Å². The van der Waals surface area contributed by atoms with Gasteiger partial charge < -0.3 is 10.1 Å². The fourth-order valence-corrected chi connectivity index (χ4v) is 3.49. The van der Waals surface area contributed by atoms with Crippen LogP contribution >= 0.6 is 0 Å². The minimum Gasteiger partial charge on any atom is -0.380 e. The summed E-state index contributed by atoms with van der Waals surface area (Å²) in [5, 5.41) is 3.70. The van der Waals surface area contributed by atoms with Crippen molar-refractivity contribution >= 4 is 0 Å². The summed E-state index contributed by atoms with van der Waals surface area (Å²) in [6.07, 6.45) is 1.15. The zero-order valence-electron chi connectivity index (χ0n) is 13.9. The number of hydrogen-bond donors (Lipinski definition) is 1. The van der Waals surface area contributed by atoms with Gasteiger partial charge in [0.05, 0.1) is 6.61 Å². The summed E-state index contributed by atoms with van der Waals surface area (Å²) in [4.78, 5) is 2.54. The first-order valence-electron chi connectivity index (χ1n) is 8.23. The molecule has 3 atom stereocenters. The lowest BCUT2D eigenvalue weighted by Crippen LogP contribution is -2.50. The molecule has 21 heavy (non-hydrogen) atoms. The van der Waals surface area contributed by atoms with E-state index in [1.165, 1.54) is 5.56 Å². The van der Waals surface area contributed by atoms with E-state index in [9.17, 15) is 0 Å². The molecule has 1 fully saturated rings. The van der Waals surface area contributed by atoms with E-state index in [1.807, 2.05) is 0 Å². The monoisotopic (exact) mass is 290 g/mol. The second-order valence-corrected chi connectivity index (χ2v) is 6.36. The molecule has 0 radical (unpaired) electrons. The predicted molar refractivity (Wildman–Crippen MR) is 88.5 cm³/mol. The molecule has 1 saturated heterocycles. The van der Waals surface area contributed by atoms with Crippen LogP contribution in [0.25, 0.3) is 0 Å². The highest BCUT2D eigenvalue weighted by Crippen LogP contribution is 2.29. The van der Waals surface area contributed by atoms with Crippen molar-refractivity contribution in [2.75, 3.05) is 26.8 Å². The van der Waals surface area contributed by atoms with Crippen LogP contribution in [0.1, 0.15) is 38.8 Å². The molecule has 3 unspecified atom stereocenters. The highest BCUT2D eigenvalue weighted by molar-refractivity contribution is 5.21. The highest BCUT2D eigenvalue weighted by atomic mass is 16.5. The largest absolute Gasteiger partial charge is 0.380 e. The molecule has 1 N–H and O–H groups in total. The molecule has 0 bridgehead atoms. The van der Waals surface area contributed by atoms with Gasteiger partial charge in [0.2, 0.25) is 0 Å². The molecule has 1 heterocycles. The minimum atomic E-state index is 0.363. The third kappa shape index (κ3) is 4.06. The van der Waals surface area contributed by atoms with Gasteiger partial charge in [-0.3, -0.25) is 4.90 Å². The predicted octanol–water partition coefficient (Wildman–Crippen LogP) is 3.08. The quantitative estimate of drug-likeness (QED) is 0.835. The Labute approximate surface area is 129 Å². The van der Waals surface area contributed by atoms with Crippen LogP contribution in [0.5, 0.6) is 0 Å². The van der Waals surface area contributed by atoms with Gasteiger partial charge in [-0.15, -0.1) is 0 Å². The molecule has 1 aliphatic rings. The second-order valence-electron chi connectivity index (χ2n) is 6.36. The average Bonchev–Trinajstić information content (AvgIpc) is 3.01. The van der Waals surface area contributed by atoms with Crippen LogP contribution in [-0.4, -0.2) is 43.8 Å². The molecule has 118 valence electrons. The molecule has 1 aliphatic heterocycles. The van der Waals surface area contributed by atoms with Crippen LogP contribution in [0, 0.1) is 5.92 Å². The zero-order chi connectivity index (χ0) is 15.2. The number of ether oxygens (including phenoxy) is 1. The van der Waals surface area contributed by atoms with Crippen molar-refractivity contribution in [3.05, 3.63) is 35.9 Å². The summed E-state index contributed by atoms with van der Waals surface area (Å²) in [5.41, 5.74) is 1.38. The summed E-state index contributed by atoms with van der Waals surface area (Å²) in [6, 6.07) is 12.2. The number of rotatable bonds is 7. The highest BCUT2D eigenvalue weighted by Gasteiger charge is 2.33. The Hall–Kier alpha value is -0.900. The SMILES string of the molecule is CCNC(c1ccccc1)C(C(C)C)N(C)C1CCOC1. The summed E-state index contributed by atoms with van der Waals surface area (Å²) in [7, 11) is 2.26. The first-order chi connectivity index (χ1) is 10.1. The minimum absolute atomic E-state index is 0.363. The summed E-state index contributed by atoms with van der Waals surface area (Å²) >= 11 is 0. The van der Waals surface area contributed by atoms with E-state index >= 15 is 0 Å². The van der Waals surface area contributed by atoms with Crippen LogP contribution < -0.4 is 5.32 Å². The van der Waals surface area contributed by atoms with Crippen molar-refractivity contribution in [1.29, 1.82) is 0 Å². The van der Waals surface area contributed by atoms with Crippen LogP contribution in [0.4, 0.5) is 0 Å². The Morgan fingerprint density at radius 2 is 2.00 bits per heavy atom. The molecule has 2 rings (SSSR count). The Kier molecular flexibility index (Phi) is 6.22. The van der Waals surface area contributed by atoms with Gasteiger partial charge in [0, 0.05) is 24.7 Å². The number of hydrogen-bond acceptors (Lipinski definition) is 3. The molecular weight excluding hydrogens is 260 g/mol. The molecule has 0 spiro atoms. The molecule has 3 nitrogen and oxygen atoms in total. The van der Waals surface area contributed by atoms with Crippen molar-refractivity contribution in [2.45, 2.75) is 45.3 Å². The molecule has 0 aromatic heterocycles. The molecule has 1 aromatic rings. The Morgan fingerprint density at radius 3 is 2.52 bits per heavy atom. The van der Waals surface area contributed by atoms with E-state index < -0.39 is 0 Å².